The fourth-order valence-corrected chi connectivity index (χ4v) is 1.79. The van der Waals surface area contributed by atoms with Gasteiger partial charge in [0, 0.05) is 12.1 Å². The molecule has 0 unspecified atom stereocenters. The van der Waals surface area contributed by atoms with Gasteiger partial charge in [0.2, 0.25) is 0 Å². The van der Waals surface area contributed by atoms with E-state index in [0.29, 0.717) is 11.7 Å². The van der Waals surface area contributed by atoms with Crippen LogP contribution in [0.3, 0.4) is 0 Å². The average molecular weight is 291 g/mol. The van der Waals surface area contributed by atoms with Crippen LogP contribution in [-0.2, 0) is 0 Å². The Hall–Kier alpha value is -2.64. The van der Waals surface area contributed by atoms with Crippen molar-refractivity contribution in [1.82, 2.24) is 19.7 Å². The molecule has 0 aromatic carbocycles. The molecule has 0 saturated heterocycles. The molecule has 0 saturated carbocycles. The smallest absolute Gasteiger partial charge is 0.305 e. The minimum Gasteiger partial charge on any atom is -0.305 e. The van der Waals surface area contributed by atoms with Crippen molar-refractivity contribution in [3.63, 3.8) is 0 Å². The van der Waals surface area contributed by atoms with Crippen molar-refractivity contribution in [3.05, 3.63) is 44.9 Å². The topological polar surface area (TPSA) is 113 Å². The van der Waals surface area contributed by atoms with Crippen LogP contribution in [-0.4, -0.2) is 25.7 Å². The third-order valence-corrected chi connectivity index (χ3v) is 3.27. The van der Waals surface area contributed by atoms with E-state index in [1.165, 1.54) is 0 Å². The van der Waals surface area contributed by atoms with E-state index in [4.69, 9.17) is 0 Å². The van der Waals surface area contributed by atoms with E-state index in [-0.39, 0.29) is 11.7 Å². The van der Waals surface area contributed by atoms with Crippen molar-refractivity contribution < 1.29 is 4.79 Å². The highest BCUT2D eigenvalue weighted by Gasteiger charge is 2.16. The standard InChI is InChI=1S/C13H17N5O3/c1-7(2)8(3)18-10(4-5-14-18)16-12(20)9-6-11(19)17-13(21)15-9/h4-8H,1-3H3,(H,16,20)(H2,15,17,19,21)/t8-/m0/s1. The van der Waals surface area contributed by atoms with Crippen molar-refractivity contribution in [1.29, 1.82) is 0 Å². The van der Waals surface area contributed by atoms with E-state index in [0.717, 1.165) is 6.07 Å². The van der Waals surface area contributed by atoms with Crippen molar-refractivity contribution in [2.45, 2.75) is 26.8 Å². The zero-order chi connectivity index (χ0) is 15.6. The molecule has 8 nitrogen and oxygen atoms in total. The summed E-state index contributed by atoms with van der Waals surface area (Å²) >= 11 is 0. The third kappa shape index (κ3) is 3.28. The van der Waals surface area contributed by atoms with Gasteiger partial charge in [0.15, 0.2) is 0 Å². The first-order valence-electron chi connectivity index (χ1n) is 6.57. The van der Waals surface area contributed by atoms with Crippen LogP contribution < -0.4 is 16.6 Å². The average Bonchev–Trinajstić information content (AvgIpc) is 2.84. The molecule has 2 aromatic rings. The maximum Gasteiger partial charge on any atom is 0.326 e. The van der Waals surface area contributed by atoms with Gasteiger partial charge in [-0.25, -0.2) is 9.48 Å². The minimum atomic E-state index is -0.725. The normalized spacial score (nSPS) is 12.4. The van der Waals surface area contributed by atoms with Crippen LogP contribution in [0.2, 0.25) is 0 Å². The first-order valence-corrected chi connectivity index (χ1v) is 6.57. The lowest BCUT2D eigenvalue weighted by Crippen LogP contribution is -2.28. The van der Waals surface area contributed by atoms with Gasteiger partial charge in [-0.2, -0.15) is 5.10 Å². The second kappa shape index (κ2) is 5.78. The Morgan fingerprint density at radius 2 is 2.00 bits per heavy atom. The number of aromatic amines is 2. The molecule has 0 radical (unpaired) electrons. The van der Waals surface area contributed by atoms with Crippen LogP contribution in [0.15, 0.2) is 27.9 Å². The van der Waals surface area contributed by atoms with Gasteiger partial charge in [0.1, 0.15) is 11.5 Å². The molecule has 2 aromatic heterocycles. The molecule has 0 aliphatic rings. The second-order valence-electron chi connectivity index (χ2n) is 5.10. The highest BCUT2D eigenvalue weighted by molar-refractivity contribution is 6.02. The highest BCUT2D eigenvalue weighted by atomic mass is 16.2. The van der Waals surface area contributed by atoms with Gasteiger partial charge in [-0.05, 0) is 12.8 Å². The fraction of sp³-hybridized carbons (Fsp3) is 0.385. The number of nitrogens with zero attached hydrogens (tertiary/aromatic N) is 2. The van der Waals surface area contributed by atoms with Crippen LogP contribution in [0.4, 0.5) is 5.82 Å². The van der Waals surface area contributed by atoms with Crippen molar-refractivity contribution in [2.24, 2.45) is 5.92 Å². The molecule has 21 heavy (non-hydrogen) atoms. The molecule has 0 aliphatic heterocycles. The van der Waals surface area contributed by atoms with Crippen molar-refractivity contribution in [2.75, 3.05) is 5.32 Å². The number of amides is 1. The van der Waals surface area contributed by atoms with Crippen LogP contribution >= 0.6 is 0 Å². The van der Waals surface area contributed by atoms with Crippen LogP contribution in [0.1, 0.15) is 37.3 Å². The molecule has 1 amide bonds. The molecular weight excluding hydrogens is 274 g/mol. The Morgan fingerprint density at radius 3 is 2.62 bits per heavy atom. The fourth-order valence-electron chi connectivity index (χ4n) is 1.79. The number of rotatable bonds is 4. The molecule has 0 spiro atoms. The summed E-state index contributed by atoms with van der Waals surface area (Å²) in [6, 6.07) is 2.78. The predicted octanol–water partition coefficient (Wildman–Crippen LogP) is 0.729. The number of H-pyrrole nitrogens is 2. The summed E-state index contributed by atoms with van der Waals surface area (Å²) in [5.41, 5.74) is -1.46. The van der Waals surface area contributed by atoms with Crippen LogP contribution in [0, 0.1) is 5.92 Å². The van der Waals surface area contributed by atoms with Crippen molar-refractivity contribution >= 4 is 11.7 Å². The Balaban J connectivity index is 2.26. The van der Waals surface area contributed by atoms with Gasteiger partial charge in [-0.3, -0.25) is 14.6 Å². The maximum atomic E-state index is 12.1. The summed E-state index contributed by atoms with van der Waals surface area (Å²) in [5, 5.41) is 6.82. The lowest BCUT2D eigenvalue weighted by Gasteiger charge is -2.19. The SMILES string of the molecule is CC(C)[C@H](C)n1nccc1NC(=O)c1cc(=O)[nH]c(=O)[nH]1. The molecule has 0 bridgehead atoms. The maximum absolute atomic E-state index is 12.1. The summed E-state index contributed by atoms with van der Waals surface area (Å²) in [6.07, 6.45) is 1.58. The number of aromatic nitrogens is 4. The summed E-state index contributed by atoms with van der Waals surface area (Å²) in [7, 11) is 0. The molecule has 112 valence electrons. The summed E-state index contributed by atoms with van der Waals surface area (Å²) < 4.78 is 1.69. The van der Waals surface area contributed by atoms with Crippen LogP contribution in [0.5, 0.6) is 0 Å². The number of hydrogen-bond donors (Lipinski definition) is 3. The Morgan fingerprint density at radius 1 is 1.29 bits per heavy atom. The Labute approximate surface area is 120 Å². The third-order valence-electron chi connectivity index (χ3n) is 3.27. The zero-order valence-corrected chi connectivity index (χ0v) is 12.0. The monoisotopic (exact) mass is 291 g/mol. The molecule has 0 aliphatic carbocycles. The summed E-state index contributed by atoms with van der Waals surface area (Å²) in [5.74, 6) is 0.262. The number of nitrogens with one attached hydrogen (secondary N) is 3. The first-order chi connectivity index (χ1) is 9.88. The Bertz CT molecular complexity index is 727. The zero-order valence-electron chi connectivity index (χ0n) is 12.0. The molecule has 2 rings (SSSR count). The van der Waals surface area contributed by atoms with Crippen molar-refractivity contribution in [3.8, 4) is 0 Å². The quantitative estimate of drug-likeness (QED) is 0.770. The molecule has 2 heterocycles. The van der Waals surface area contributed by atoms with E-state index >= 15 is 0 Å². The van der Waals surface area contributed by atoms with E-state index < -0.39 is 17.2 Å². The number of carbonyl (C=O) groups is 1. The van der Waals surface area contributed by atoms with E-state index in [2.05, 4.69) is 15.4 Å². The van der Waals surface area contributed by atoms with Gasteiger partial charge in [0.25, 0.3) is 11.5 Å². The van der Waals surface area contributed by atoms with E-state index in [9.17, 15) is 14.4 Å². The predicted molar refractivity (Wildman–Crippen MR) is 77.4 cm³/mol. The number of anilines is 1. The van der Waals surface area contributed by atoms with Crippen LogP contribution in [0.25, 0.3) is 0 Å². The molecular formula is C13H17N5O3. The van der Waals surface area contributed by atoms with E-state index in [1.807, 2.05) is 25.8 Å². The number of hydrogen-bond acceptors (Lipinski definition) is 4. The summed E-state index contributed by atoms with van der Waals surface area (Å²) in [4.78, 5) is 38.8. The molecule has 8 heteroatoms. The van der Waals surface area contributed by atoms with Gasteiger partial charge in [-0.15, -0.1) is 0 Å². The molecule has 0 fully saturated rings. The number of carbonyl (C=O) groups excluding carboxylic acids is 1. The molecule has 1 atom stereocenters. The first kappa shape index (κ1) is 14.8. The van der Waals surface area contributed by atoms with Gasteiger partial charge >= 0.3 is 5.69 Å². The highest BCUT2D eigenvalue weighted by Crippen LogP contribution is 2.20. The minimum absolute atomic E-state index is 0.0912. The largest absolute Gasteiger partial charge is 0.326 e. The van der Waals surface area contributed by atoms with Gasteiger partial charge in [-0.1, -0.05) is 13.8 Å². The second-order valence-corrected chi connectivity index (χ2v) is 5.10. The van der Waals surface area contributed by atoms with Gasteiger partial charge < -0.3 is 10.3 Å². The lowest BCUT2D eigenvalue weighted by molar-refractivity contribution is 0.102. The Kier molecular flexibility index (Phi) is 4.06. The van der Waals surface area contributed by atoms with E-state index in [1.54, 1.807) is 16.9 Å². The lowest BCUT2D eigenvalue weighted by atomic mass is 10.1. The summed E-state index contributed by atoms with van der Waals surface area (Å²) in [6.45, 7) is 6.08. The van der Waals surface area contributed by atoms with Gasteiger partial charge in [0.05, 0.1) is 12.2 Å². The molecule has 3 N–H and O–H groups in total.